The van der Waals surface area contributed by atoms with Gasteiger partial charge in [0.1, 0.15) is 12.4 Å². The quantitative estimate of drug-likeness (QED) is 0.129. The zero-order valence-electron chi connectivity index (χ0n) is 20.7. The van der Waals surface area contributed by atoms with Gasteiger partial charge in [0.05, 0.1) is 27.3 Å². The number of ether oxygens (including phenoxy) is 2. The van der Waals surface area contributed by atoms with Crippen molar-refractivity contribution in [3.05, 3.63) is 94.4 Å². The molecule has 0 bridgehead atoms. The van der Waals surface area contributed by atoms with Crippen molar-refractivity contribution in [2.45, 2.75) is 39.7 Å². The fourth-order valence-electron chi connectivity index (χ4n) is 3.71. The number of aromatic nitrogens is 2. The number of hydrogen-bond acceptors (Lipinski definition) is 5. The predicted molar refractivity (Wildman–Crippen MR) is 164 cm³/mol. The number of halogens is 3. The Bertz CT molecular complexity index is 1500. The fraction of sp³-hybridized carbons (Fsp3) is 0.250. The summed E-state index contributed by atoms with van der Waals surface area (Å²) in [6.45, 7) is 6.96. The lowest BCUT2D eigenvalue weighted by Gasteiger charge is -2.15. The van der Waals surface area contributed by atoms with Crippen LogP contribution in [-0.2, 0) is 6.61 Å². The van der Waals surface area contributed by atoms with E-state index >= 15 is 0 Å². The van der Waals surface area contributed by atoms with Crippen molar-refractivity contribution in [2.24, 2.45) is 5.10 Å². The highest BCUT2D eigenvalue weighted by Crippen LogP contribution is 2.34. The maximum absolute atomic E-state index is 13.4. The third-order valence-electron chi connectivity index (χ3n) is 5.84. The summed E-state index contributed by atoms with van der Waals surface area (Å²) in [5.41, 5.74) is 2.31. The maximum atomic E-state index is 13.4. The Balaban J connectivity index is 1.71. The van der Waals surface area contributed by atoms with Gasteiger partial charge in [-0.15, -0.1) is 0 Å². The van der Waals surface area contributed by atoms with E-state index < -0.39 is 0 Å². The highest BCUT2D eigenvalue weighted by Gasteiger charge is 2.16. The molecule has 0 amide bonds. The van der Waals surface area contributed by atoms with Gasteiger partial charge in [-0.1, -0.05) is 57.8 Å². The lowest BCUT2D eigenvalue weighted by molar-refractivity contribution is 0.267. The molecule has 0 saturated heterocycles. The molecule has 0 unspecified atom stereocenters. The molecule has 3 aromatic carbocycles. The summed E-state index contributed by atoms with van der Waals surface area (Å²) in [6, 6.07) is 17.4. The Labute approximate surface area is 246 Å². The zero-order chi connectivity index (χ0) is 26.5. The average molecular weight is 739 g/mol. The third kappa shape index (κ3) is 6.61. The molecule has 0 saturated carbocycles. The Morgan fingerprint density at radius 3 is 2.49 bits per heavy atom. The highest BCUT2D eigenvalue weighted by molar-refractivity contribution is 14.1. The van der Waals surface area contributed by atoms with Gasteiger partial charge in [-0.25, -0.2) is 4.98 Å². The van der Waals surface area contributed by atoms with Crippen LogP contribution in [0.2, 0.25) is 0 Å². The Morgan fingerprint density at radius 2 is 1.78 bits per heavy atom. The normalized spacial score (nSPS) is 12.3. The van der Waals surface area contributed by atoms with Crippen LogP contribution in [0.3, 0.4) is 0 Å². The number of hydrogen-bond donors (Lipinski definition) is 0. The molecule has 0 aliphatic heterocycles. The van der Waals surface area contributed by atoms with Crippen molar-refractivity contribution >= 4 is 71.6 Å². The molecule has 0 N–H and O–H groups in total. The molecule has 0 spiro atoms. The molecular formula is C28H26Br2IN3O3. The van der Waals surface area contributed by atoms with Crippen LogP contribution < -0.4 is 15.0 Å². The molecule has 9 heteroatoms. The number of fused-ring (bicyclic) bond motifs is 1. The van der Waals surface area contributed by atoms with Gasteiger partial charge >= 0.3 is 0 Å². The van der Waals surface area contributed by atoms with Crippen molar-refractivity contribution < 1.29 is 9.47 Å². The second-order valence-electron chi connectivity index (χ2n) is 8.48. The van der Waals surface area contributed by atoms with E-state index in [0.29, 0.717) is 41.4 Å². The van der Waals surface area contributed by atoms with Crippen LogP contribution in [0.5, 0.6) is 11.5 Å². The molecule has 0 aliphatic rings. The van der Waals surface area contributed by atoms with E-state index in [1.807, 2.05) is 62.4 Å². The minimum atomic E-state index is -0.202. The molecule has 4 aromatic rings. The number of benzene rings is 3. The molecule has 1 aromatic heterocycles. The second-order valence-corrected chi connectivity index (χ2v) is 11.5. The Morgan fingerprint density at radius 1 is 1.05 bits per heavy atom. The van der Waals surface area contributed by atoms with Crippen LogP contribution in [0.1, 0.15) is 50.1 Å². The summed E-state index contributed by atoms with van der Waals surface area (Å²) in [5.74, 6) is 2.00. The highest BCUT2D eigenvalue weighted by atomic mass is 127. The van der Waals surface area contributed by atoms with Crippen molar-refractivity contribution in [1.82, 2.24) is 9.66 Å². The number of rotatable bonds is 9. The van der Waals surface area contributed by atoms with Gasteiger partial charge in [0, 0.05) is 14.9 Å². The molecule has 4 rings (SSSR count). The Kier molecular flexibility index (Phi) is 9.41. The predicted octanol–water partition coefficient (Wildman–Crippen LogP) is 7.90. The van der Waals surface area contributed by atoms with Gasteiger partial charge in [0.25, 0.3) is 5.56 Å². The van der Waals surface area contributed by atoms with E-state index in [0.717, 1.165) is 30.1 Å². The van der Waals surface area contributed by atoms with Gasteiger partial charge in [0.15, 0.2) is 11.5 Å². The van der Waals surface area contributed by atoms with E-state index in [4.69, 9.17) is 14.5 Å². The summed E-state index contributed by atoms with van der Waals surface area (Å²) >= 11 is 9.15. The largest absolute Gasteiger partial charge is 0.490 e. The average Bonchev–Trinajstić information content (AvgIpc) is 2.88. The van der Waals surface area contributed by atoms with E-state index in [1.165, 1.54) is 4.68 Å². The SMILES string of the molecule is CCOc1cc(C=Nn2c([C@@H](C)CC)nc3ccc(Br)cc3c2=O)cc(I)c1OCc1ccc(Br)cc1. The first-order valence-corrected chi connectivity index (χ1v) is 14.6. The molecule has 37 heavy (non-hydrogen) atoms. The molecular weight excluding hydrogens is 713 g/mol. The number of nitrogens with zero attached hydrogens (tertiary/aromatic N) is 3. The maximum Gasteiger partial charge on any atom is 0.282 e. The molecule has 192 valence electrons. The minimum Gasteiger partial charge on any atom is -0.490 e. The lowest BCUT2D eigenvalue weighted by atomic mass is 10.1. The molecule has 0 fully saturated rings. The standard InChI is InChI=1S/C28H26Br2IN3O3/c1-4-17(3)27-33-24-11-10-21(30)14-22(24)28(35)34(27)32-15-19-12-23(31)26(25(13-19)36-5-2)37-16-18-6-8-20(29)9-7-18/h6-15,17H,4-5,16H2,1-3H3/t17-/m0/s1. The summed E-state index contributed by atoms with van der Waals surface area (Å²) in [6.07, 6.45) is 2.50. The topological polar surface area (TPSA) is 65.7 Å². The second kappa shape index (κ2) is 12.5. The first-order valence-electron chi connectivity index (χ1n) is 11.9. The van der Waals surface area contributed by atoms with E-state index in [-0.39, 0.29) is 11.5 Å². The Hall–Kier alpha value is -2.24. The zero-order valence-corrected chi connectivity index (χ0v) is 26.0. The van der Waals surface area contributed by atoms with E-state index in [1.54, 1.807) is 12.3 Å². The summed E-state index contributed by atoms with van der Waals surface area (Å²) in [7, 11) is 0. The fourth-order valence-corrected chi connectivity index (χ4v) is 5.11. The van der Waals surface area contributed by atoms with Crippen molar-refractivity contribution in [3.8, 4) is 11.5 Å². The third-order valence-corrected chi connectivity index (χ3v) is 7.66. The van der Waals surface area contributed by atoms with Gasteiger partial charge in [-0.05, 0) is 89.5 Å². The van der Waals surface area contributed by atoms with Gasteiger partial charge in [-0.2, -0.15) is 9.78 Å². The van der Waals surface area contributed by atoms with Gasteiger partial charge in [0.2, 0.25) is 0 Å². The van der Waals surface area contributed by atoms with Crippen molar-refractivity contribution in [2.75, 3.05) is 6.61 Å². The van der Waals surface area contributed by atoms with Crippen LogP contribution in [0.15, 0.2) is 73.4 Å². The van der Waals surface area contributed by atoms with Crippen molar-refractivity contribution in [3.63, 3.8) is 0 Å². The molecule has 1 atom stereocenters. The van der Waals surface area contributed by atoms with Crippen LogP contribution in [0, 0.1) is 3.57 Å². The summed E-state index contributed by atoms with van der Waals surface area (Å²) < 4.78 is 16.2. The molecule has 6 nitrogen and oxygen atoms in total. The van der Waals surface area contributed by atoms with Gasteiger partial charge in [-0.3, -0.25) is 4.79 Å². The molecule has 0 aliphatic carbocycles. The van der Waals surface area contributed by atoms with Crippen LogP contribution >= 0.6 is 54.5 Å². The van der Waals surface area contributed by atoms with E-state index in [2.05, 4.69) is 66.5 Å². The van der Waals surface area contributed by atoms with Crippen LogP contribution in [-0.4, -0.2) is 22.5 Å². The van der Waals surface area contributed by atoms with Crippen LogP contribution in [0.4, 0.5) is 0 Å². The van der Waals surface area contributed by atoms with Crippen LogP contribution in [0.25, 0.3) is 10.9 Å². The lowest BCUT2D eigenvalue weighted by Crippen LogP contribution is -2.23. The first-order chi connectivity index (χ1) is 17.8. The smallest absolute Gasteiger partial charge is 0.282 e. The molecule has 0 radical (unpaired) electrons. The minimum absolute atomic E-state index is 0.0615. The van der Waals surface area contributed by atoms with Gasteiger partial charge < -0.3 is 9.47 Å². The summed E-state index contributed by atoms with van der Waals surface area (Å²) in [5, 5.41) is 5.11. The monoisotopic (exact) mass is 737 g/mol. The first kappa shape index (κ1) is 27.8. The molecule has 1 heterocycles. The van der Waals surface area contributed by atoms with E-state index in [9.17, 15) is 4.79 Å². The summed E-state index contributed by atoms with van der Waals surface area (Å²) in [4.78, 5) is 18.2. The van der Waals surface area contributed by atoms with Crippen molar-refractivity contribution in [1.29, 1.82) is 0 Å².